The van der Waals surface area contributed by atoms with Gasteiger partial charge in [-0.1, -0.05) is 0 Å². The molecule has 4 nitrogen and oxygen atoms in total. The molecule has 1 aromatic heterocycles. The monoisotopic (exact) mass is 235 g/mol. The number of nitrogens with one attached hydrogen (secondary N) is 1. The van der Waals surface area contributed by atoms with Crippen LogP contribution in [0, 0.1) is 11.8 Å². The number of hydrogen-bond donors (Lipinski definition) is 1. The quantitative estimate of drug-likeness (QED) is 0.787. The molecular weight excluding hydrogens is 214 g/mol. The first-order valence-corrected chi connectivity index (χ1v) is 6.65. The Morgan fingerprint density at radius 2 is 2.12 bits per heavy atom. The average Bonchev–Trinajstić information content (AvgIpc) is 3.23. The Hall–Kier alpha value is -1.03. The number of anilines is 1. The highest BCUT2D eigenvalue weighted by Gasteiger charge is 2.41. The summed E-state index contributed by atoms with van der Waals surface area (Å²) in [6.07, 6.45) is 9.48. The van der Waals surface area contributed by atoms with E-state index in [1.807, 2.05) is 12.4 Å². The van der Waals surface area contributed by atoms with Crippen LogP contribution in [0.2, 0.25) is 0 Å². The van der Waals surface area contributed by atoms with Gasteiger partial charge in [-0.15, -0.1) is 0 Å². The van der Waals surface area contributed by atoms with E-state index >= 15 is 0 Å². The van der Waals surface area contributed by atoms with Crippen molar-refractivity contribution < 1.29 is 4.74 Å². The number of hydrogen-bond acceptors (Lipinski definition) is 3. The second kappa shape index (κ2) is 4.69. The van der Waals surface area contributed by atoms with Gasteiger partial charge in [0.25, 0.3) is 0 Å². The number of ether oxygens (including phenoxy) is 1. The van der Waals surface area contributed by atoms with Crippen molar-refractivity contribution in [3.8, 4) is 0 Å². The molecule has 0 aromatic carbocycles. The zero-order chi connectivity index (χ0) is 11.7. The van der Waals surface area contributed by atoms with Crippen LogP contribution in [0.1, 0.15) is 25.7 Å². The van der Waals surface area contributed by atoms with Crippen molar-refractivity contribution in [1.82, 2.24) is 9.55 Å². The van der Waals surface area contributed by atoms with E-state index in [0.717, 1.165) is 30.9 Å². The molecule has 0 spiro atoms. The first-order valence-electron chi connectivity index (χ1n) is 6.65. The molecule has 0 atom stereocenters. The molecular formula is C13H21N3O. The zero-order valence-electron chi connectivity index (χ0n) is 10.4. The summed E-state index contributed by atoms with van der Waals surface area (Å²) in [5, 5.41) is 3.66. The van der Waals surface area contributed by atoms with Gasteiger partial charge in [-0.25, -0.2) is 4.98 Å². The molecule has 2 fully saturated rings. The first-order chi connectivity index (χ1) is 8.38. The minimum absolute atomic E-state index is 0.665. The summed E-state index contributed by atoms with van der Waals surface area (Å²) in [5.74, 6) is 2.82. The molecule has 2 aliphatic carbocycles. The Labute approximate surface area is 102 Å². The molecule has 1 aromatic rings. The van der Waals surface area contributed by atoms with Crippen LogP contribution in [-0.2, 0) is 11.3 Å². The van der Waals surface area contributed by atoms with Crippen LogP contribution >= 0.6 is 0 Å². The Balaban J connectivity index is 1.64. The number of methoxy groups -OCH3 is 1. The van der Waals surface area contributed by atoms with E-state index in [2.05, 4.69) is 14.9 Å². The van der Waals surface area contributed by atoms with Gasteiger partial charge in [0.1, 0.15) is 0 Å². The van der Waals surface area contributed by atoms with Gasteiger partial charge in [-0.3, -0.25) is 0 Å². The molecule has 0 radical (unpaired) electrons. The molecule has 1 heterocycles. The molecule has 94 valence electrons. The lowest BCUT2D eigenvalue weighted by Crippen LogP contribution is -2.26. The van der Waals surface area contributed by atoms with Gasteiger partial charge in [0, 0.05) is 32.1 Å². The molecule has 0 aliphatic heterocycles. The van der Waals surface area contributed by atoms with Crippen LogP contribution in [-0.4, -0.2) is 29.3 Å². The highest BCUT2D eigenvalue weighted by Crippen LogP contribution is 2.45. The standard InChI is InChI=1S/C13H21N3O/c1-17-9-8-16-7-6-14-13(16)15-12(10-2-3-10)11-4-5-11/h6-7,10-12H,2-5,8-9H2,1H3,(H,14,15). The van der Waals surface area contributed by atoms with Gasteiger partial charge < -0.3 is 14.6 Å². The molecule has 3 rings (SSSR count). The van der Waals surface area contributed by atoms with E-state index in [-0.39, 0.29) is 0 Å². The van der Waals surface area contributed by atoms with Gasteiger partial charge >= 0.3 is 0 Å². The van der Waals surface area contributed by atoms with Crippen molar-refractivity contribution >= 4 is 5.95 Å². The molecule has 2 saturated carbocycles. The van der Waals surface area contributed by atoms with E-state index in [4.69, 9.17) is 4.74 Å². The minimum atomic E-state index is 0.665. The molecule has 0 amide bonds. The summed E-state index contributed by atoms with van der Waals surface area (Å²) in [6, 6.07) is 0.665. The van der Waals surface area contributed by atoms with E-state index in [1.165, 1.54) is 25.7 Å². The maximum absolute atomic E-state index is 5.12. The lowest BCUT2D eigenvalue weighted by molar-refractivity contribution is 0.187. The fourth-order valence-electron chi connectivity index (χ4n) is 2.50. The summed E-state index contributed by atoms with van der Waals surface area (Å²) in [4.78, 5) is 4.43. The van der Waals surface area contributed by atoms with Gasteiger partial charge in [0.2, 0.25) is 5.95 Å². The molecule has 17 heavy (non-hydrogen) atoms. The van der Waals surface area contributed by atoms with Crippen LogP contribution < -0.4 is 5.32 Å². The zero-order valence-corrected chi connectivity index (χ0v) is 10.4. The third-order valence-electron chi connectivity index (χ3n) is 3.81. The minimum Gasteiger partial charge on any atom is -0.383 e. The molecule has 1 N–H and O–H groups in total. The van der Waals surface area contributed by atoms with Crippen molar-refractivity contribution in [3.05, 3.63) is 12.4 Å². The van der Waals surface area contributed by atoms with Crippen LogP contribution in [0.3, 0.4) is 0 Å². The summed E-state index contributed by atoms with van der Waals surface area (Å²) in [7, 11) is 1.74. The van der Waals surface area contributed by atoms with Crippen molar-refractivity contribution in [2.24, 2.45) is 11.8 Å². The predicted molar refractivity (Wildman–Crippen MR) is 67.0 cm³/mol. The number of rotatable bonds is 7. The SMILES string of the molecule is COCCn1ccnc1NC(C1CC1)C1CC1. The first kappa shape index (κ1) is 11.1. The third-order valence-corrected chi connectivity index (χ3v) is 3.81. The number of nitrogens with zero attached hydrogens (tertiary/aromatic N) is 2. The fraction of sp³-hybridized carbons (Fsp3) is 0.769. The normalized spacial score (nSPS) is 19.9. The lowest BCUT2D eigenvalue weighted by Gasteiger charge is -2.19. The molecule has 0 bridgehead atoms. The molecule has 0 saturated heterocycles. The van der Waals surface area contributed by atoms with Gasteiger partial charge in [0.15, 0.2) is 0 Å². The van der Waals surface area contributed by atoms with Gasteiger partial charge in [0.05, 0.1) is 6.61 Å². The fourth-order valence-corrected chi connectivity index (χ4v) is 2.50. The second-order valence-electron chi connectivity index (χ2n) is 5.28. The van der Waals surface area contributed by atoms with E-state index < -0.39 is 0 Å². The summed E-state index contributed by atoms with van der Waals surface area (Å²) >= 11 is 0. The summed E-state index contributed by atoms with van der Waals surface area (Å²) < 4.78 is 7.27. The molecule has 0 unspecified atom stereocenters. The second-order valence-corrected chi connectivity index (χ2v) is 5.28. The van der Waals surface area contributed by atoms with Crippen molar-refractivity contribution in [3.63, 3.8) is 0 Å². The maximum atomic E-state index is 5.12. The summed E-state index contributed by atoms with van der Waals surface area (Å²) in [5.41, 5.74) is 0. The highest BCUT2D eigenvalue weighted by molar-refractivity contribution is 5.30. The Morgan fingerprint density at radius 3 is 2.71 bits per heavy atom. The Kier molecular flexibility index (Phi) is 3.05. The van der Waals surface area contributed by atoms with Crippen LogP contribution in [0.25, 0.3) is 0 Å². The van der Waals surface area contributed by atoms with Crippen molar-refractivity contribution in [2.45, 2.75) is 38.3 Å². The number of imidazole rings is 1. The molecule has 4 heteroatoms. The third kappa shape index (κ3) is 2.63. The largest absolute Gasteiger partial charge is 0.383 e. The summed E-state index contributed by atoms with van der Waals surface area (Å²) in [6.45, 7) is 1.61. The average molecular weight is 235 g/mol. The van der Waals surface area contributed by atoms with Crippen LogP contribution in [0.15, 0.2) is 12.4 Å². The topological polar surface area (TPSA) is 39.1 Å². The van der Waals surface area contributed by atoms with Gasteiger partial charge in [-0.2, -0.15) is 0 Å². The predicted octanol–water partition coefficient (Wildman–Crippen LogP) is 2.13. The lowest BCUT2D eigenvalue weighted by atomic mass is 10.1. The van der Waals surface area contributed by atoms with Crippen molar-refractivity contribution in [1.29, 1.82) is 0 Å². The van der Waals surface area contributed by atoms with E-state index in [1.54, 1.807) is 7.11 Å². The van der Waals surface area contributed by atoms with Crippen molar-refractivity contribution in [2.75, 3.05) is 19.0 Å². The van der Waals surface area contributed by atoms with E-state index in [0.29, 0.717) is 6.04 Å². The molecule has 2 aliphatic rings. The van der Waals surface area contributed by atoms with E-state index in [9.17, 15) is 0 Å². The highest BCUT2D eigenvalue weighted by atomic mass is 16.5. The smallest absolute Gasteiger partial charge is 0.203 e. The maximum Gasteiger partial charge on any atom is 0.203 e. The van der Waals surface area contributed by atoms with Crippen LogP contribution in [0.5, 0.6) is 0 Å². The van der Waals surface area contributed by atoms with Gasteiger partial charge in [-0.05, 0) is 37.5 Å². The Morgan fingerprint density at radius 1 is 1.41 bits per heavy atom. The van der Waals surface area contributed by atoms with Crippen LogP contribution in [0.4, 0.5) is 5.95 Å². The Bertz CT molecular complexity index is 356. The number of aromatic nitrogens is 2.